The van der Waals surface area contributed by atoms with E-state index in [1.165, 1.54) is 24.4 Å². The zero-order valence-electron chi connectivity index (χ0n) is 22.7. The van der Waals surface area contributed by atoms with Crippen LogP contribution in [0.4, 0.5) is 17.2 Å². The second kappa shape index (κ2) is 12.2. The molecular formula is C30H29ClN6O4. The first kappa shape index (κ1) is 27.9. The number of likely N-dealkylation sites (tertiary alicyclic amines) is 1. The van der Waals surface area contributed by atoms with Gasteiger partial charge >= 0.3 is 0 Å². The van der Waals surface area contributed by atoms with Gasteiger partial charge in [0.05, 0.1) is 29.0 Å². The number of hydrogen-bond acceptors (Lipinski definition) is 8. The third kappa shape index (κ3) is 6.22. The van der Waals surface area contributed by atoms with Crippen LogP contribution in [0.15, 0.2) is 67.5 Å². The van der Waals surface area contributed by atoms with Gasteiger partial charge < -0.3 is 25.0 Å². The number of rotatable bonds is 9. The highest BCUT2D eigenvalue weighted by atomic mass is 35.5. The first-order valence-corrected chi connectivity index (χ1v) is 13.4. The standard InChI is InChI=1S/C30H29ClN6O4/c1-4-28(38)37-12-6-9-25(37)30(39)36-24-14-21-23(15-27(24)40-3)32-17-33-29(21)35-19-10-11-26(22(31)13-19)41-16-20-8-5-7-18(2)34-20/h4-5,7-8,10-11,13-15,17,25H,1,6,9,12,16H2,2-3H3,(H,36,39)(H,32,33,35)/t25-/m0/s1. The Bertz CT molecular complexity index is 1630. The summed E-state index contributed by atoms with van der Waals surface area (Å²) < 4.78 is 11.4. The number of nitrogens with one attached hydrogen (secondary N) is 2. The van der Waals surface area contributed by atoms with Gasteiger partial charge in [0.15, 0.2) is 0 Å². The Kier molecular flexibility index (Phi) is 8.30. The Labute approximate surface area is 242 Å². The van der Waals surface area contributed by atoms with E-state index in [9.17, 15) is 9.59 Å². The van der Waals surface area contributed by atoms with Crippen LogP contribution in [-0.4, -0.2) is 51.4 Å². The van der Waals surface area contributed by atoms with E-state index in [2.05, 4.69) is 32.2 Å². The molecule has 1 aliphatic rings. The molecule has 2 aromatic carbocycles. The number of nitrogens with zero attached hydrogens (tertiary/aromatic N) is 4. The Hall–Kier alpha value is -4.70. The number of aryl methyl sites for hydroxylation is 1. The zero-order valence-corrected chi connectivity index (χ0v) is 23.4. The highest BCUT2D eigenvalue weighted by Gasteiger charge is 2.33. The summed E-state index contributed by atoms with van der Waals surface area (Å²) in [5.41, 5.74) is 3.45. The molecule has 2 aromatic heterocycles. The second-order valence-electron chi connectivity index (χ2n) is 9.50. The molecule has 0 aliphatic carbocycles. The molecular weight excluding hydrogens is 544 g/mol. The summed E-state index contributed by atoms with van der Waals surface area (Å²) in [7, 11) is 1.51. The van der Waals surface area contributed by atoms with Crippen molar-refractivity contribution in [1.29, 1.82) is 0 Å². The Morgan fingerprint density at radius 1 is 1.17 bits per heavy atom. The Morgan fingerprint density at radius 2 is 2.02 bits per heavy atom. The highest BCUT2D eigenvalue weighted by Crippen LogP contribution is 2.35. The average Bonchev–Trinajstić information content (AvgIpc) is 3.47. The molecule has 4 aromatic rings. The van der Waals surface area contributed by atoms with Crippen LogP contribution in [0.1, 0.15) is 24.2 Å². The van der Waals surface area contributed by atoms with Crippen LogP contribution in [0.2, 0.25) is 5.02 Å². The van der Waals surface area contributed by atoms with E-state index in [1.807, 2.05) is 31.2 Å². The van der Waals surface area contributed by atoms with Gasteiger partial charge in [-0.05, 0) is 62.2 Å². The molecule has 2 N–H and O–H groups in total. The number of hydrogen-bond donors (Lipinski definition) is 2. The predicted octanol–water partition coefficient (Wildman–Crippen LogP) is 5.43. The van der Waals surface area contributed by atoms with Crippen molar-refractivity contribution in [2.45, 2.75) is 32.4 Å². The van der Waals surface area contributed by atoms with Crippen molar-refractivity contribution >= 4 is 51.5 Å². The molecule has 1 saturated heterocycles. The average molecular weight is 573 g/mol. The summed E-state index contributed by atoms with van der Waals surface area (Å²) in [6, 6.07) is 14.0. The van der Waals surface area contributed by atoms with E-state index in [1.54, 1.807) is 24.3 Å². The molecule has 3 heterocycles. The smallest absolute Gasteiger partial charge is 0.247 e. The van der Waals surface area contributed by atoms with Crippen LogP contribution in [0.25, 0.3) is 10.9 Å². The van der Waals surface area contributed by atoms with E-state index >= 15 is 0 Å². The summed E-state index contributed by atoms with van der Waals surface area (Å²) in [5.74, 6) is 0.896. The molecule has 0 unspecified atom stereocenters. The van der Waals surface area contributed by atoms with Gasteiger partial charge in [0.1, 0.15) is 36.3 Å². The van der Waals surface area contributed by atoms with Gasteiger partial charge in [-0.3, -0.25) is 14.6 Å². The molecule has 1 aliphatic heterocycles. The lowest BCUT2D eigenvalue weighted by Crippen LogP contribution is -2.42. The number of pyridine rings is 1. The van der Waals surface area contributed by atoms with Crippen molar-refractivity contribution in [3.05, 3.63) is 83.9 Å². The molecule has 0 bridgehead atoms. The minimum atomic E-state index is -0.588. The van der Waals surface area contributed by atoms with Gasteiger partial charge in [0.2, 0.25) is 11.8 Å². The fourth-order valence-corrected chi connectivity index (χ4v) is 4.99. The minimum absolute atomic E-state index is 0.269. The largest absolute Gasteiger partial charge is 0.494 e. The van der Waals surface area contributed by atoms with Crippen molar-refractivity contribution < 1.29 is 19.1 Å². The van der Waals surface area contributed by atoms with E-state index in [-0.39, 0.29) is 11.8 Å². The highest BCUT2D eigenvalue weighted by molar-refractivity contribution is 6.32. The normalized spacial score (nSPS) is 14.5. The number of carbonyl (C=O) groups is 2. The molecule has 0 spiro atoms. The third-order valence-corrected chi connectivity index (χ3v) is 7.04. The van der Waals surface area contributed by atoms with Gasteiger partial charge in [0, 0.05) is 29.4 Å². The van der Waals surface area contributed by atoms with Gasteiger partial charge in [-0.25, -0.2) is 9.97 Å². The lowest BCUT2D eigenvalue weighted by Gasteiger charge is -2.23. The maximum atomic E-state index is 13.2. The van der Waals surface area contributed by atoms with Crippen LogP contribution in [0.3, 0.4) is 0 Å². The molecule has 1 fully saturated rings. The summed E-state index contributed by atoms with van der Waals surface area (Å²) in [5, 5.41) is 7.27. The maximum absolute atomic E-state index is 13.2. The molecule has 5 rings (SSSR count). The Morgan fingerprint density at radius 3 is 2.78 bits per heavy atom. The summed E-state index contributed by atoms with van der Waals surface area (Å²) >= 11 is 6.52. The molecule has 210 valence electrons. The number of methoxy groups -OCH3 is 1. The van der Waals surface area contributed by atoms with Crippen molar-refractivity contribution in [1.82, 2.24) is 19.9 Å². The number of carbonyl (C=O) groups excluding carboxylic acids is 2. The van der Waals surface area contributed by atoms with Crippen molar-refractivity contribution in [3.63, 3.8) is 0 Å². The van der Waals surface area contributed by atoms with Gasteiger partial charge in [0.25, 0.3) is 0 Å². The van der Waals surface area contributed by atoms with Crippen molar-refractivity contribution in [3.8, 4) is 11.5 Å². The third-order valence-electron chi connectivity index (χ3n) is 6.74. The van der Waals surface area contributed by atoms with Crippen LogP contribution in [-0.2, 0) is 16.2 Å². The number of anilines is 3. The number of amides is 2. The van der Waals surface area contributed by atoms with Gasteiger partial charge in [-0.2, -0.15) is 0 Å². The van der Waals surface area contributed by atoms with Crippen molar-refractivity contribution in [2.75, 3.05) is 24.3 Å². The minimum Gasteiger partial charge on any atom is -0.494 e. The van der Waals surface area contributed by atoms with Crippen LogP contribution in [0.5, 0.6) is 11.5 Å². The predicted molar refractivity (Wildman–Crippen MR) is 158 cm³/mol. The molecule has 11 heteroatoms. The SMILES string of the molecule is C=CC(=O)N1CCC[C@H]1C(=O)Nc1cc2c(Nc3ccc(OCc4cccc(C)n4)c(Cl)c3)ncnc2cc1OC. The van der Waals surface area contributed by atoms with E-state index in [0.29, 0.717) is 64.2 Å². The van der Waals surface area contributed by atoms with Crippen molar-refractivity contribution in [2.24, 2.45) is 0 Å². The number of fused-ring (bicyclic) bond motifs is 1. The zero-order chi connectivity index (χ0) is 28.9. The first-order valence-electron chi connectivity index (χ1n) is 13.0. The van der Waals surface area contributed by atoms with E-state index in [0.717, 1.165) is 17.8 Å². The molecule has 10 nitrogen and oxygen atoms in total. The molecule has 2 amide bonds. The molecule has 0 saturated carbocycles. The van der Waals surface area contributed by atoms with Gasteiger partial charge in [-0.1, -0.05) is 24.2 Å². The quantitative estimate of drug-likeness (QED) is 0.255. The molecule has 41 heavy (non-hydrogen) atoms. The second-order valence-corrected chi connectivity index (χ2v) is 9.91. The van der Waals surface area contributed by atoms with Crippen LogP contribution >= 0.6 is 11.6 Å². The number of halogens is 1. The number of aromatic nitrogens is 3. The topological polar surface area (TPSA) is 119 Å². The van der Waals surface area contributed by atoms with Crippen LogP contribution in [0, 0.1) is 6.92 Å². The fraction of sp³-hybridized carbons (Fsp3) is 0.233. The van der Waals surface area contributed by atoms with E-state index in [4.69, 9.17) is 21.1 Å². The summed E-state index contributed by atoms with van der Waals surface area (Å²) in [6.07, 6.45) is 3.97. The van der Waals surface area contributed by atoms with Gasteiger partial charge in [-0.15, -0.1) is 0 Å². The molecule has 0 radical (unpaired) electrons. The fourth-order valence-electron chi connectivity index (χ4n) is 4.75. The van der Waals surface area contributed by atoms with E-state index < -0.39 is 6.04 Å². The number of benzene rings is 2. The first-order chi connectivity index (χ1) is 19.9. The van der Waals surface area contributed by atoms with Crippen LogP contribution < -0.4 is 20.1 Å². The molecule has 1 atom stereocenters. The summed E-state index contributed by atoms with van der Waals surface area (Å²) in [6.45, 7) is 6.27. The lowest BCUT2D eigenvalue weighted by atomic mass is 10.1. The maximum Gasteiger partial charge on any atom is 0.247 e. The number of ether oxygens (including phenoxy) is 2. The Balaban J connectivity index is 1.36. The summed E-state index contributed by atoms with van der Waals surface area (Å²) in [4.78, 5) is 40.2. The monoisotopic (exact) mass is 572 g/mol. The lowest BCUT2D eigenvalue weighted by molar-refractivity contribution is -0.132.